The molecule has 0 saturated carbocycles. The van der Waals surface area contributed by atoms with Gasteiger partial charge in [-0.05, 0) is 49.7 Å². The highest BCUT2D eigenvalue weighted by molar-refractivity contribution is 7.89. The van der Waals surface area contributed by atoms with E-state index in [0.29, 0.717) is 11.4 Å². The van der Waals surface area contributed by atoms with E-state index in [2.05, 4.69) is 16.6 Å². The van der Waals surface area contributed by atoms with Crippen LogP contribution >= 0.6 is 0 Å². The van der Waals surface area contributed by atoms with Crippen LogP contribution in [-0.4, -0.2) is 27.5 Å². The van der Waals surface area contributed by atoms with Crippen LogP contribution in [0.15, 0.2) is 60.0 Å². The van der Waals surface area contributed by atoms with Crippen molar-refractivity contribution in [3.63, 3.8) is 0 Å². The van der Waals surface area contributed by atoms with Gasteiger partial charge in [-0.3, -0.25) is 4.79 Å². The topological polar surface area (TPSA) is 84.5 Å². The van der Waals surface area contributed by atoms with Crippen LogP contribution < -0.4 is 14.8 Å². The molecule has 2 N–H and O–H groups in total. The van der Waals surface area contributed by atoms with Gasteiger partial charge in [-0.25, -0.2) is 13.1 Å². The van der Waals surface area contributed by atoms with E-state index in [0.717, 1.165) is 11.1 Å². The summed E-state index contributed by atoms with van der Waals surface area (Å²) < 4.78 is 31.8. The second-order valence-electron chi connectivity index (χ2n) is 5.77. The minimum atomic E-state index is -3.58. The van der Waals surface area contributed by atoms with Crippen molar-refractivity contribution >= 4 is 21.6 Å². The van der Waals surface area contributed by atoms with Gasteiger partial charge in [0.15, 0.2) is 6.61 Å². The van der Waals surface area contributed by atoms with Gasteiger partial charge in [-0.2, -0.15) is 0 Å². The third-order valence-corrected chi connectivity index (χ3v) is 4.99. The maximum atomic E-state index is 12.0. The number of amides is 1. The molecule has 0 aliphatic heterocycles. The molecule has 1 amide bonds. The second kappa shape index (κ2) is 8.64. The van der Waals surface area contributed by atoms with Crippen LogP contribution in [0.4, 0.5) is 5.69 Å². The largest absolute Gasteiger partial charge is 0.483 e. The zero-order chi connectivity index (χ0) is 19.2. The number of nitrogens with one attached hydrogen (secondary N) is 2. The Morgan fingerprint density at radius 1 is 1.15 bits per heavy atom. The number of ether oxygens (including phenoxy) is 1. The standard InChI is InChI=1S/C19H22N2O4S/c1-4-11-20-26(23,24)17-8-6-16(7-9-17)21-19(22)13-25-18-10-5-14(2)12-15(18)3/h4-10,12,20H,1,11,13H2,2-3H3,(H,21,22). The van der Waals surface area contributed by atoms with E-state index in [1.54, 1.807) is 0 Å². The molecule has 0 spiro atoms. The highest BCUT2D eigenvalue weighted by atomic mass is 32.2. The van der Waals surface area contributed by atoms with Crippen molar-refractivity contribution in [2.75, 3.05) is 18.5 Å². The maximum Gasteiger partial charge on any atom is 0.262 e. The lowest BCUT2D eigenvalue weighted by Gasteiger charge is -2.10. The molecule has 0 unspecified atom stereocenters. The summed E-state index contributed by atoms with van der Waals surface area (Å²) in [7, 11) is -3.58. The number of carbonyl (C=O) groups excluding carboxylic acids is 1. The molecule has 0 aliphatic rings. The van der Waals surface area contributed by atoms with E-state index in [9.17, 15) is 13.2 Å². The van der Waals surface area contributed by atoms with Gasteiger partial charge in [0.2, 0.25) is 10.0 Å². The van der Waals surface area contributed by atoms with Crippen LogP contribution in [0.2, 0.25) is 0 Å². The average molecular weight is 374 g/mol. The lowest BCUT2D eigenvalue weighted by molar-refractivity contribution is -0.118. The molecule has 0 saturated heterocycles. The van der Waals surface area contributed by atoms with E-state index < -0.39 is 10.0 Å². The lowest BCUT2D eigenvalue weighted by atomic mass is 10.1. The SMILES string of the molecule is C=CCNS(=O)(=O)c1ccc(NC(=O)COc2ccc(C)cc2C)cc1. The highest BCUT2D eigenvalue weighted by Gasteiger charge is 2.13. The Bertz CT molecular complexity index is 890. The Balaban J connectivity index is 1.94. The number of anilines is 1. The van der Waals surface area contributed by atoms with Crippen LogP contribution in [0.5, 0.6) is 5.75 Å². The number of hydrogen-bond donors (Lipinski definition) is 2. The Morgan fingerprint density at radius 2 is 1.85 bits per heavy atom. The third-order valence-electron chi connectivity index (χ3n) is 3.56. The molecule has 138 valence electrons. The van der Waals surface area contributed by atoms with E-state index in [4.69, 9.17) is 4.74 Å². The van der Waals surface area contributed by atoms with E-state index in [1.807, 2.05) is 32.0 Å². The number of carbonyl (C=O) groups is 1. The first-order chi connectivity index (χ1) is 12.3. The number of hydrogen-bond acceptors (Lipinski definition) is 4. The van der Waals surface area contributed by atoms with Crippen molar-refractivity contribution in [2.45, 2.75) is 18.7 Å². The van der Waals surface area contributed by atoms with Gasteiger partial charge < -0.3 is 10.1 Å². The molecular weight excluding hydrogens is 352 g/mol. The van der Waals surface area contributed by atoms with Crippen LogP contribution in [-0.2, 0) is 14.8 Å². The van der Waals surface area contributed by atoms with Gasteiger partial charge in [-0.15, -0.1) is 6.58 Å². The van der Waals surface area contributed by atoms with Crippen molar-refractivity contribution in [2.24, 2.45) is 0 Å². The van der Waals surface area contributed by atoms with Gasteiger partial charge in [0.25, 0.3) is 5.91 Å². The number of benzene rings is 2. The molecule has 6 nitrogen and oxygen atoms in total. The fourth-order valence-electron chi connectivity index (χ4n) is 2.27. The molecular formula is C19H22N2O4S. The van der Waals surface area contributed by atoms with E-state index in [-0.39, 0.29) is 24.0 Å². The Labute approximate surface area is 153 Å². The third kappa shape index (κ3) is 5.44. The maximum absolute atomic E-state index is 12.0. The molecule has 2 rings (SSSR count). The molecule has 7 heteroatoms. The van der Waals surface area contributed by atoms with Gasteiger partial charge in [0, 0.05) is 12.2 Å². The van der Waals surface area contributed by atoms with Crippen molar-refractivity contribution < 1.29 is 17.9 Å². The van der Waals surface area contributed by atoms with Gasteiger partial charge in [0.05, 0.1) is 4.90 Å². The summed E-state index contributed by atoms with van der Waals surface area (Å²) in [6.45, 7) is 7.39. The second-order valence-corrected chi connectivity index (χ2v) is 7.54. The molecule has 0 atom stereocenters. The zero-order valence-corrected chi connectivity index (χ0v) is 15.6. The van der Waals surface area contributed by atoms with Crippen molar-refractivity contribution in [1.29, 1.82) is 0 Å². The quantitative estimate of drug-likeness (QED) is 0.696. The summed E-state index contributed by atoms with van der Waals surface area (Å²) in [6, 6.07) is 11.6. The van der Waals surface area contributed by atoms with Gasteiger partial charge in [-0.1, -0.05) is 23.8 Å². The zero-order valence-electron chi connectivity index (χ0n) is 14.8. The predicted octanol–water partition coefficient (Wildman–Crippen LogP) is 2.79. The molecule has 2 aromatic rings. The highest BCUT2D eigenvalue weighted by Crippen LogP contribution is 2.19. The van der Waals surface area contributed by atoms with Crippen LogP contribution in [0.25, 0.3) is 0 Å². The first-order valence-corrected chi connectivity index (χ1v) is 9.50. The summed E-state index contributed by atoms with van der Waals surface area (Å²) in [4.78, 5) is 12.1. The van der Waals surface area contributed by atoms with E-state index >= 15 is 0 Å². The van der Waals surface area contributed by atoms with Crippen molar-refractivity contribution in [3.8, 4) is 5.75 Å². The first kappa shape index (κ1) is 19.7. The molecule has 0 aliphatic carbocycles. The van der Waals surface area contributed by atoms with Gasteiger partial charge >= 0.3 is 0 Å². The average Bonchev–Trinajstić information content (AvgIpc) is 2.60. The van der Waals surface area contributed by atoms with Gasteiger partial charge in [0.1, 0.15) is 5.75 Å². The Hall–Kier alpha value is -2.64. The molecule has 0 fully saturated rings. The summed E-state index contributed by atoms with van der Waals surface area (Å²) in [5.74, 6) is 0.325. The lowest BCUT2D eigenvalue weighted by Crippen LogP contribution is -2.23. The molecule has 0 heterocycles. The summed E-state index contributed by atoms with van der Waals surface area (Å²) >= 11 is 0. The molecule has 0 radical (unpaired) electrons. The van der Waals surface area contributed by atoms with Crippen molar-refractivity contribution in [3.05, 3.63) is 66.2 Å². The van der Waals surface area contributed by atoms with Crippen LogP contribution in [0.1, 0.15) is 11.1 Å². The smallest absolute Gasteiger partial charge is 0.262 e. The van der Waals surface area contributed by atoms with E-state index in [1.165, 1.54) is 30.3 Å². The number of aryl methyl sites for hydroxylation is 2. The van der Waals surface area contributed by atoms with Crippen LogP contribution in [0.3, 0.4) is 0 Å². The molecule has 26 heavy (non-hydrogen) atoms. The number of rotatable bonds is 8. The molecule has 2 aromatic carbocycles. The van der Waals surface area contributed by atoms with Crippen molar-refractivity contribution in [1.82, 2.24) is 4.72 Å². The summed E-state index contributed by atoms with van der Waals surface area (Å²) in [6.07, 6.45) is 1.46. The fourth-order valence-corrected chi connectivity index (χ4v) is 3.27. The normalized spacial score (nSPS) is 11.0. The number of sulfonamides is 1. The predicted molar refractivity (Wildman–Crippen MR) is 102 cm³/mol. The Kier molecular flexibility index (Phi) is 6.54. The fraction of sp³-hybridized carbons (Fsp3) is 0.211. The Morgan fingerprint density at radius 3 is 2.46 bits per heavy atom. The minimum absolute atomic E-state index is 0.115. The van der Waals surface area contributed by atoms with Crippen LogP contribution in [0, 0.1) is 13.8 Å². The summed E-state index contributed by atoms with van der Waals surface area (Å²) in [5, 5.41) is 2.67. The monoisotopic (exact) mass is 374 g/mol. The minimum Gasteiger partial charge on any atom is -0.483 e. The first-order valence-electron chi connectivity index (χ1n) is 8.02. The molecule has 0 aromatic heterocycles. The molecule has 0 bridgehead atoms. The summed E-state index contributed by atoms with van der Waals surface area (Å²) in [5.41, 5.74) is 2.57.